The molecule has 0 aliphatic rings. The van der Waals surface area contributed by atoms with Crippen molar-refractivity contribution in [3.05, 3.63) is 75.8 Å². The summed E-state index contributed by atoms with van der Waals surface area (Å²) in [5.41, 5.74) is 4.30. The number of allylic oxidation sites excluding steroid dienone is 2. The first kappa shape index (κ1) is 29.3. The van der Waals surface area contributed by atoms with Gasteiger partial charge in [0.25, 0.3) is 0 Å². The van der Waals surface area contributed by atoms with Crippen LogP contribution in [0.1, 0.15) is 70.6 Å². The van der Waals surface area contributed by atoms with E-state index in [1.54, 1.807) is 7.11 Å². The third-order valence-corrected chi connectivity index (χ3v) is 6.56. The molecule has 0 radical (unpaired) electrons. The number of hydrogen-bond acceptors (Lipinski definition) is 3. The van der Waals surface area contributed by atoms with Crippen molar-refractivity contribution in [2.45, 2.75) is 59.5 Å². The maximum absolute atomic E-state index is 6.68. The van der Waals surface area contributed by atoms with E-state index in [1.807, 2.05) is 24.3 Å². The molecule has 0 saturated carbocycles. The van der Waals surface area contributed by atoms with Crippen LogP contribution in [0.3, 0.4) is 0 Å². The topological polar surface area (TPSA) is 15.7 Å². The molecule has 0 fully saturated rings. The van der Waals surface area contributed by atoms with Crippen LogP contribution in [0.2, 0.25) is 10.0 Å². The molecule has 0 bridgehead atoms. The predicted molar refractivity (Wildman–Crippen MR) is 156 cm³/mol. The average Bonchev–Trinajstić information content (AvgIpc) is 2.85. The summed E-state index contributed by atoms with van der Waals surface area (Å²) in [5, 5.41) is 1.48. The van der Waals surface area contributed by atoms with Crippen molar-refractivity contribution >= 4 is 40.7 Å². The van der Waals surface area contributed by atoms with E-state index in [4.69, 9.17) is 27.9 Å². The minimum absolute atomic E-state index is 0.221. The van der Waals surface area contributed by atoms with Crippen molar-refractivity contribution in [1.29, 1.82) is 0 Å². The van der Waals surface area contributed by atoms with E-state index in [0.29, 0.717) is 0 Å². The highest BCUT2D eigenvalue weighted by atomic mass is 35.5. The first-order chi connectivity index (χ1) is 17.0. The van der Waals surface area contributed by atoms with Gasteiger partial charge < -0.3 is 14.5 Å². The number of ether oxygens (including phenoxy) is 1. The summed E-state index contributed by atoms with van der Waals surface area (Å²) in [6, 6.07) is 12.6. The molecule has 2 rings (SSSR count). The van der Waals surface area contributed by atoms with Crippen LogP contribution in [0.4, 0.5) is 11.4 Å². The molecule has 0 aromatic heterocycles. The van der Waals surface area contributed by atoms with Crippen LogP contribution in [0.15, 0.2) is 54.6 Å². The molecular formula is C30H42Cl2N2O. The molecule has 0 saturated heterocycles. The highest BCUT2D eigenvalue weighted by Gasteiger charge is 2.14. The molecule has 5 heteroatoms. The molecular weight excluding hydrogens is 475 g/mol. The second kappa shape index (κ2) is 15.9. The van der Waals surface area contributed by atoms with Crippen LogP contribution in [0, 0.1) is 0 Å². The summed E-state index contributed by atoms with van der Waals surface area (Å²) in [5.74, 6) is 0. The fourth-order valence-corrected chi connectivity index (χ4v) is 4.76. The molecule has 0 heterocycles. The van der Waals surface area contributed by atoms with Gasteiger partial charge in [0, 0.05) is 60.3 Å². The highest BCUT2D eigenvalue weighted by molar-refractivity contribution is 6.32. The Morgan fingerprint density at radius 3 is 1.71 bits per heavy atom. The lowest BCUT2D eigenvalue weighted by atomic mass is 10.1. The van der Waals surface area contributed by atoms with Crippen LogP contribution in [-0.4, -0.2) is 33.3 Å². The molecule has 0 spiro atoms. The van der Waals surface area contributed by atoms with Gasteiger partial charge in [0.15, 0.2) is 0 Å². The molecule has 1 unspecified atom stereocenters. The Kier molecular flexibility index (Phi) is 13.3. The average molecular weight is 518 g/mol. The normalized spacial score (nSPS) is 12.5. The van der Waals surface area contributed by atoms with Crippen LogP contribution >= 0.6 is 23.2 Å². The summed E-state index contributed by atoms with van der Waals surface area (Å²) >= 11 is 13.3. The van der Waals surface area contributed by atoms with Gasteiger partial charge in [-0.3, -0.25) is 0 Å². The molecule has 192 valence electrons. The van der Waals surface area contributed by atoms with Gasteiger partial charge in [-0.25, -0.2) is 0 Å². The summed E-state index contributed by atoms with van der Waals surface area (Å²) in [6.07, 6.45) is 12.3. The van der Waals surface area contributed by atoms with E-state index in [2.05, 4.69) is 73.9 Å². The van der Waals surface area contributed by atoms with Crippen LogP contribution in [0.5, 0.6) is 0 Å². The summed E-state index contributed by atoms with van der Waals surface area (Å²) in [4.78, 5) is 4.77. The van der Waals surface area contributed by atoms with Gasteiger partial charge >= 0.3 is 0 Å². The van der Waals surface area contributed by atoms with Crippen LogP contribution in [-0.2, 0) is 4.74 Å². The Bertz CT molecular complexity index is 945. The first-order valence-corrected chi connectivity index (χ1v) is 13.7. The Morgan fingerprint density at radius 2 is 1.26 bits per heavy atom. The molecule has 0 amide bonds. The Balaban J connectivity index is 2.12. The molecule has 1 atom stereocenters. The van der Waals surface area contributed by atoms with E-state index in [0.717, 1.165) is 78.7 Å². The van der Waals surface area contributed by atoms with Crippen molar-refractivity contribution in [2.75, 3.05) is 43.1 Å². The number of benzene rings is 2. The number of halogens is 2. The minimum atomic E-state index is -0.221. The Labute approximate surface area is 223 Å². The largest absolute Gasteiger partial charge is 0.373 e. The van der Waals surface area contributed by atoms with E-state index < -0.39 is 0 Å². The molecule has 2 aromatic carbocycles. The van der Waals surface area contributed by atoms with Crippen molar-refractivity contribution in [2.24, 2.45) is 0 Å². The van der Waals surface area contributed by atoms with Crippen molar-refractivity contribution in [1.82, 2.24) is 0 Å². The number of methoxy groups -OCH3 is 1. The Hall–Kier alpha value is -1.94. The minimum Gasteiger partial charge on any atom is -0.373 e. The SMILES string of the molecule is CCCN(CCC)c1ccc(C=CC=CC(OC)c2ccc(N(CCC)CCC)cc2Cl)c(Cl)c1. The van der Waals surface area contributed by atoms with Gasteiger partial charge in [0.1, 0.15) is 6.10 Å². The lowest BCUT2D eigenvalue weighted by Crippen LogP contribution is -2.24. The monoisotopic (exact) mass is 516 g/mol. The van der Waals surface area contributed by atoms with Gasteiger partial charge in [-0.2, -0.15) is 0 Å². The Morgan fingerprint density at radius 1 is 0.743 bits per heavy atom. The number of rotatable bonds is 15. The van der Waals surface area contributed by atoms with Gasteiger partial charge in [0.2, 0.25) is 0 Å². The van der Waals surface area contributed by atoms with Crippen molar-refractivity contribution < 1.29 is 4.74 Å². The molecule has 3 nitrogen and oxygen atoms in total. The second-order valence-electron chi connectivity index (χ2n) is 8.79. The smallest absolute Gasteiger partial charge is 0.102 e. The molecule has 0 N–H and O–H groups in total. The van der Waals surface area contributed by atoms with Crippen molar-refractivity contribution in [3.63, 3.8) is 0 Å². The maximum Gasteiger partial charge on any atom is 0.102 e. The highest BCUT2D eigenvalue weighted by Crippen LogP contribution is 2.31. The van der Waals surface area contributed by atoms with Gasteiger partial charge in [-0.15, -0.1) is 0 Å². The maximum atomic E-state index is 6.68. The first-order valence-electron chi connectivity index (χ1n) is 12.9. The van der Waals surface area contributed by atoms with Crippen LogP contribution in [0.25, 0.3) is 6.08 Å². The van der Waals surface area contributed by atoms with Crippen LogP contribution < -0.4 is 9.80 Å². The summed E-state index contributed by atoms with van der Waals surface area (Å²) in [7, 11) is 1.71. The third kappa shape index (κ3) is 8.90. The third-order valence-electron chi connectivity index (χ3n) is 5.91. The lowest BCUT2D eigenvalue weighted by molar-refractivity contribution is 0.143. The number of anilines is 2. The zero-order valence-electron chi connectivity index (χ0n) is 22.1. The van der Waals surface area contributed by atoms with Gasteiger partial charge in [-0.05, 0) is 55.5 Å². The van der Waals surface area contributed by atoms with Gasteiger partial charge in [-0.1, -0.05) is 87.3 Å². The van der Waals surface area contributed by atoms with E-state index in [1.165, 1.54) is 5.69 Å². The zero-order valence-corrected chi connectivity index (χ0v) is 23.6. The molecule has 35 heavy (non-hydrogen) atoms. The fraction of sp³-hybridized carbons (Fsp3) is 0.467. The summed E-state index contributed by atoms with van der Waals surface area (Å²) in [6.45, 7) is 13.0. The predicted octanol–water partition coefficient (Wildman–Crippen LogP) is 9.20. The van der Waals surface area contributed by atoms with E-state index >= 15 is 0 Å². The van der Waals surface area contributed by atoms with E-state index in [-0.39, 0.29) is 6.10 Å². The fourth-order valence-electron chi connectivity index (χ4n) is 4.24. The van der Waals surface area contributed by atoms with Crippen molar-refractivity contribution in [3.8, 4) is 0 Å². The molecule has 2 aromatic rings. The second-order valence-corrected chi connectivity index (χ2v) is 9.60. The lowest BCUT2D eigenvalue weighted by Gasteiger charge is -2.25. The number of hydrogen-bond donors (Lipinski definition) is 0. The zero-order chi connectivity index (χ0) is 25.6. The van der Waals surface area contributed by atoms with Gasteiger partial charge in [0.05, 0.1) is 0 Å². The number of nitrogens with zero attached hydrogens (tertiary/aromatic N) is 2. The standard InChI is InChI=1S/C30H42Cl2N2O/c1-6-18-33(19-7-2)25-15-14-24(28(31)22-25)12-10-11-13-30(35-5)27-17-16-26(23-29(27)32)34(20-8-3)21-9-4/h10-17,22-23,30H,6-9,18-21H2,1-5H3. The summed E-state index contributed by atoms with van der Waals surface area (Å²) < 4.78 is 5.73. The quantitative estimate of drug-likeness (QED) is 0.219. The van der Waals surface area contributed by atoms with E-state index in [9.17, 15) is 0 Å². The molecule has 0 aliphatic carbocycles. The molecule has 0 aliphatic heterocycles.